The molecular weight excluding hydrogens is 192 g/mol. The van der Waals surface area contributed by atoms with Gasteiger partial charge in [-0.2, -0.15) is 0 Å². The highest BCUT2D eigenvalue weighted by Crippen LogP contribution is 2.16. The molecule has 80 valence electrons. The van der Waals surface area contributed by atoms with Gasteiger partial charge in [0.1, 0.15) is 11.8 Å². The van der Waals surface area contributed by atoms with Crippen LogP contribution in [-0.4, -0.2) is 32.1 Å². The summed E-state index contributed by atoms with van der Waals surface area (Å²) in [5.41, 5.74) is 7.13. The summed E-state index contributed by atoms with van der Waals surface area (Å²) in [5.74, 6) is 0.735. The van der Waals surface area contributed by atoms with Crippen LogP contribution in [-0.2, 0) is 7.05 Å². The molecule has 1 atom stereocenters. The van der Waals surface area contributed by atoms with Gasteiger partial charge >= 0.3 is 0 Å². The molecule has 2 aromatic rings. The topological polar surface area (TPSA) is 81.7 Å². The van der Waals surface area contributed by atoms with Gasteiger partial charge in [-0.25, -0.2) is 15.0 Å². The van der Waals surface area contributed by atoms with Gasteiger partial charge in [0.15, 0.2) is 11.5 Å². The fourth-order valence-electron chi connectivity index (χ4n) is 1.34. The van der Waals surface area contributed by atoms with Gasteiger partial charge in [0.05, 0.1) is 6.33 Å². The SMILES string of the molecule is CC(CN)Nc1ncnc2c1ncn2C. The third-order valence-electron chi connectivity index (χ3n) is 2.23. The third-order valence-corrected chi connectivity index (χ3v) is 2.23. The van der Waals surface area contributed by atoms with Crippen molar-refractivity contribution in [3.05, 3.63) is 12.7 Å². The van der Waals surface area contributed by atoms with Gasteiger partial charge < -0.3 is 15.6 Å². The van der Waals surface area contributed by atoms with E-state index < -0.39 is 0 Å². The summed E-state index contributed by atoms with van der Waals surface area (Å²) in [5, 5.41) is 3.20. The summed E-state index contributed by atoms with van der Waals surface area (Å²) in [4.78, 5) is 12.5. The number of nitrogens with one attached hydrogen (secondary N) is 1. The Kier molecular flexibility index (Phi) is 2.51. The van der Waals surface area contributed by atoms with Gasteiger partial charge in [0.2, 0.25) is 0 Å². The molecule has 2 rings (SSSR count). The molecule has 0 radical (unpaired) electrons. The van der Waals surface area contributed by atoms with Crippen LogP contribution in [0.4, 0.5) is 5.82 Å². The fourth-order valence-corrected chi connectivity index (χ4v) is 1.34. The Bertz CT molecular complexity index is 463. The minimum atomic E-state index is 0.171. The van der Waals surface area contributed by atoms with E-state index in [1.165, 1.54) is 6.33 Å². The summed E-state index contributed by atoms with van der Waals surface area (Å²) < 4.78 is 1.86. The molecule has 0 aliphatic rings. The molecule has 0 aliphatic heterocycles. The van der Waals surface area contributed by atoms with Crippen LogP contribution in [0.15, 0.2) is 12.7 Å². The zero-order valence-corrected chi connectivity index (χ0v) is 8.81. The normalized spacial score (nSPS) is 13.0. The van der Waals surface area contributed by atoms with E-state index in [1.807, 2.05) is 18.5 Å². The molecule has 0 aliphatic carbocycles. The summed E-state index contributed by atoms with van der Waals surface area (Å²) in [6.45, 7) is 2.55. The minimum Gasteiger partial charge on any atom is -0.364 e. The molecule has 0 saturated carbocycles. The molecule has 2 aromatic heterocycles. The van der Waals surface area contributed by atoms with Crippen LogP contribution in [0.3, 0.4) is 0 Å². The maximum atomic E-state index is 5.54. The number of fused-ring (bicyclic) bond motifs is 1. The van der Waals surface area contributed by atoms with Crippen molar-refractivity contribution >= 4 is 17.0 Å². The number of hydrogen-bond donors (Lipinski definition) is 2. The predicted molar refractivity (Wildman–Crippen MR) is 58.4 cm³/mol. The quantitative estimate of drug-likeness (QED) is 0.745. The Morgan fingerprint density at radius 2 is 2.27 bits per heavy atom. The van der Waals surface area contributed by atoms with Gasteiger partial charge in [0.25, 0.3) is 0 Å². The first-order chi connectivity index (χ1) is 7.22. The molecule has 0 spiro atoms. The molecule has 0 fully saturated rings. The van der Waals surface area contributed by atoms with Crippen molar-refractivity contribution in [2.75, 3.05) is 11.9 Å². The van der Waals surface area contributed by atoms with E-state index in [4.69, 9.17) is 5.73 Å². The summed E-state index contributed by atoms with van der Waals surface area (Å²) in [6.07, 6.45) is 3.24. The van der Waals surface area contributed by atoms with Crippen LogP contribution in [0.2, 0.25) is 0 Å². The molecule has 0 saturated heterocycles. The Labute approximate surface area is 87.5 Å². The first-order valence-electron chi connectivity index (χ1n) is 4.81. The smallest absolute Gasteiger partial charge is 0.165 e. The average molecular weight is 206 g/mol. The number of rotatable bonds is 3. The van der Waals surface area contributed by atoms with Crippen LogP contribution in [0.25, 0.3) is 11.2 Å². The number of nitrogens with zero attached hydrogens (tertiary/aromatic N) is 4. The molecule has 1 unspecified atom stereocenters. The summed E-state index contributed by atoms with van der Waals surface area (Å²) in [6, 6.07) is 0.171. The molecule has 0 amide bonds. The predicted octanol–water partition coefficient (Wildman–Crippen LogP) is 0.122. The lowest BCUT2D eigenvalue weighted by molar-refractivity contribution is 0.798. The van der Waals surface area contributed by atoms with E-state index >= 15 is 0 Å². The second-order valence-corrected chi connectivity index (χ2v) is 3.53. The van der Waals surface area contributed by atoms with Crippen LogP contribution in [0.5, 0.6) is 0 Å². The molecule has 3 N–H and O–H groups in total. The van der Waals surface area contributed by atoms with Gasteiger partial charge in [-0.15, -0.1) is 0 Å². The van der Waals surface area contributed by atoms with Gasteiger partial charge in [-0.3, -0.25) is 0 Å². The highest BCUT2D eigenvalue weighted by atomic mass is 15.1. The second kappa shape index (κ2) is 3.82. The lowest BCUT2D eigenvalue weighted by atomic mass is 10.3. The third kappa shape index (κ3) is 1.75. The molecule has 0 aromatic carbocycles. The summed E-state index contributed by atoms with van der Waals surface area (Å²) >= 11 is 0. The van der Waals surface area contributed by atoms with Crippen LogP contribution < -0.4 is 11.1 Å². The van der Waals surface area contributed by atoms with Gasteiger partial charge in [-0.05, 0) is 6.92 Å². The summed E-state index contributed by atoms with van der Waals surface area (Å²) in [7, 11) is 1.90. The first-order valence-corrected chi connectivity index (χ1v) is 4.81. The van der Waals surface area contributed by atoms with E-state index in [0.29, 0.717) is 6.54 Å². The Balaban J connectivity index is 2.43. The zero-order chi connectivity index (χ0) is 10.8. The molecule has 2 heterocycles. The standard InChI is InChI=1S/C9H14N6/c1-6(3-10)14-8-7-9(12-4-11-8)15(2)5-13-7/h4-6H,3,10H2,1-2H3,(H,11,12,14). The number of nitrogens with two attached hydrogens (primary N) is 1. The zero-order valence-electron chi connectivity index (χ0n) is 8.81. The van der Waals surface area contributed by atoms with Crippen molar-refractivity contribution in [1.82, 2.24) is 19.5 Å². The maximum Gasteiger partial charge on any atom is 0.165 e. The van der Waals surface area contributed by atoms with E-state index in [2.05, 4.69) is 20.3 Å². The number of aryl methyl sites for hydroxylation is 1. The van der Waals surface area contributed by atoms with Crippen molar-refractivity contribution in [1.29, 1.82) is 0 Å². The van der Waals surface area contributed by atoms with E-state index in [-0.39, 0.29) is 6.04 Å². The largest absolute Gasteiger partial charge is 0.364 e. The van der Waals surface area contributed by atoms with Crippen LogP contribution >= 0.6 is 0 Å². The van der Waals surface area contributed by atoms with Crippen molar-refractivity contribution in [3.63, 3.8) is 0 Å². The van der Waals surface area contributed by atoms with Crippen LogP contribution in [0.1, 0.15) is 6.92 Å². The molecule has 0 bridgehead atoms. The lowest BCUT2D eigenvalue weighted by Gasteiger charge is -2.11. The van der Waals surface area contributed by atoms with Crippen LogP contribution in [0, 0.1) is 0 Å². The van der Waals surface area contributed by atoms with Gasteiger partial charge in [0, 0.05) is 19.6 Å². The highest BCUT2D eigenvalue weighted by molar-refractivity contribution is 5.82. The van der Waals surface area contributed by atoms with Crippen molar-refractivity contribution in [3.8, 4) is 0 Å². The Hall–Kier alpha value is -1.69. The molecule has 6 nitrogen and oxygen atoms in total. The van der Waals surface area contributed by atoms with E-state index in [9.17, 15) is 0 Å². The molecule has 6 heteroatoms. The average Bonchev–Trinajstić information content (AvgIpc) is 2.62. The molecular formula is C9H14N6. The highest BCUT2D eigenvalue weighted by Gasteiger charge is 2.09. The van der Waals surface area contributed by atoms with E-state index in [0.717, 1.165) is 17.0 Å². The maximum absolute atomic E-state index is 5.54. The minimum absolute atomic E-state index is 0.171. The number of hydrogen-bond acceptors (Lipinski definition) is 5. The lowest BCUT2D eigenvalue weighted by Crippen LogP contribution is -2.25. The van der Waals surface area contributed by atoms with Crippen molar-refractivity contribution < 1.29 is 0 Å². The molecule has 15 heavy (non-hydrogen) atoms. The Morgan fingerprint density at radius 1 is 1.47 bits per heavy atom. The van der Waals surface area contributed by atoms with Gasteiger partial charge in [-0.1, -0.05) is 0 Å². The Morgan fingerprint density at radius 3 is 3.00 bits per heavy atom. The monoisotopic (exact) mass is 206 g/mol. The number of imidazole rings is 1. The number of aromatic nitrogens is 4. The van der Waals surface area contributed by atoms with E-state index in [1.54, 1.807) is 6.33 Å². The number of anilines is 1. The fraction of sp³-hybridized carbons (Fsp3) is 0.444. The van der Waals surface area contributed by atoms with Crippen molar-refractivity contribution in [2.45, 2.75) is 13.0 Å². The first kappa shape index (κ1) is 9.85. The second-order valence-electron chi connectivity index (χ2n) is 3.53. The van der Waals surface area contributed by atoms with Crippen molar-refractivity contribution in [2.24, 2.45) is 12.8 Å².